The van der Waals surface area contributed by atoms with Crippen LogP contribution in [0.1, 0.15) is 38.9 Å². The van der Waals surface area contributed by atoms with E-state index >= 15 is 0 Å². The molecule has 0 aliphatic carbocycles. The second-order valence-electron chi connectivity index (χ2n) is 4.95. The molecule has 0 aromatic heterocycles. The third-order valence-electron chi connectivity index (χ3n) is 2.71. The van der Waals surface area contributed by atoms with Gasteiger partial charge in [0.05, 0.1) is 24.2 Å². The number of hydrogen-bond donors (Lipinski definition) is 1. The van der Waals surface area contributed by atoms with Crippen molar-refractivity contribution in [2.24, 2.45) is 5.41 Å². The van der Waals surface area contributed by atoms with Crippen molar-refractivity contribution in [3.8, 4) is 11.8 Å². The van der Waals surface area contributed by atoms with Crippen molar-refractivity contribution >= 4 is 15.9 Å². The van der Waals surface area contributed by atoms with Crippen molar-refractivity contribution < 1.29 is 9.84 Å². The number of halogens is 1. The Morgan fingerprint density at radius 2 is 2.17 bits per heavy atom. The molecule has 18 heavy (non-hydrogen) atoms. The number of rotatable bonds is 5. The highest BCUT2D eigenvalue weighted by Gasteiger charge is 2.17. The van der Waals surface area contributed by atoms with Gasteiger partial charge < -0.3 is 9.84 Å². The summed E-state index contributed by atoms with van der Waals surface area (Å²) in [6, 6.07) is 7.77. The molecule has 1 atom stereocenters. The van der Waals surface area contributed by atoms with Gasteiger partial charge in [-0.1, -0.05) is 22.0 Å². The number of benzene rings is 1. The minimum Gasteiger partial charge on any atom is -0.493 e. The first-order valence-electron chi connectivity index (χ1n) is 5.87. The molecule has 3 nitrogen and oxygen atoms in total. The fraction of sp³-hybridized carbons (Fsp3) is 0.500. The highest BCUT2D eigenvalue weighted by atomic mass is 79.9. The van der Waals surface area contributed by atoms with Crippen LogP contribution in [-0.4, -0.2) is 11.7 Å². The van der Waals surface area contributed by atoms with Gasteiger partial charge in [0.2, 0.25) is 0 Å². The molecular weight excluding hydrogens is 294 g/mol. The van der Waals surface area contributed by atoms with Gasteiger partial charge in [-0.05, 0) is 39.3 Å². The highest BCUT2D eigenvalue weighted by Crippen LogP contribution is 2.29. The maximum absolute atomic E-state index is 9.65. The molecule has 0 amide bonds. The number of nitrogens with zero attached hydrogens (tertiary/aromatic N) is 1. The molecule has 0 saturated carbocycles. The lowest BCUT2D eigenvalue weighted by Crippen LogP contribution is -2.13. The fourth-order valence-electron chi connectivity index (χ4n) is 1.45. The molecular formula is C14H18BrNO2. The van der Waals surface area contributed by atoms with E-state index in [1.807, 2.05) is 32.0 Å². The van der Waals surface area contributed by atoms with Gasteiger partial charge in [0.15, 0.2) is 0 Å². The van der Waals surface area contributed by atoms with Crippen molar-refractivity contribution in [3.05, 3.63) is 28.2 Å². The first-order chi connectivity index (χ1) is 8.35. The van der Waals surface area contributed by atoms with E-state index in [4.69, 9.17) is 10.00 Å². The van der Waals surface area contributed by atoms with Gasteiger partial charge in [0, 0.05) is 10.0 Å². The molecule has 0 fully saturated rings. The van der Waals surface area contributed by atoms with E-state index in [0.717, 1.165) is 10.0 Å². The van der Waals surface area contributed by atoms with Crippen LogP contribution in [0.4, 0.5) is 0 Å². The van der Waals surface area contributed by atoms with Crippen LogP contribution < -0.4 is 4.74 Å². The lowest BCUT2D eigenvalue weighted by Gasteiger charge is -2.18. The van der Waals surface area contributed by atoms with Crippen molar-refractivity contribution in [3.63, 3.8) is 0 Å². The van der Waals surface area contributed by atoms with Crippen molar-refractivity contribution in [2.75, 3.05) is 6.61 Å². The lowest BCUT2D eigenvalue weighted by molar-refractivity contribution is 0.188. The summed E-state index contributed by atoms with van der Waals surface area (Å²) in [6.07, 6.45) is 0.0759. The van der Waals surface area contributed by atoms with Crippen LogP contribution in [0.3, 0.4) is 0 Å². The number of ether oxygens (including phenoxy) is 1. The Hall–Kier alpha value is -1.05. The second kappa shape index (κ2) is 6.21. The first-order valence-corrected chi connectivity index (χ1v) is 6.66. The zero-order valence-electron chi connectivity index (χ0n) is 10.9. The molecule has 1 N–H and O–H groups in total. The predicted octanol–water partition coefficient (Wildman–Crippen LogP) is 3.82. The quantitative estimate of drug-likeness (QED) is 0.899. The van der Waals surface area contributed by atoms with Crippen LogP contribution in [0, 0.1) is 16.7 Å². The molecule has 98 valence electrons. The standard InChI is InChI=1S/C14H18BrNO2/c1-10(17)12-5-4-11(15)8-13(12)18-7-6-14(2,3)9-16/h4-5,8,10,17H,6-7H2,1-3H3. The molecule has 1 unspecified atom stereocenters. The zero-order chi connectivity index (χ0) is 13.8. The van der Waals surface area contributed by atoms with Crippen LogP contribution in [-0.2, 0) is 0 Å². The number of nitriles is 1. The van der Waals surface area contributed by atoms with E-state index in [1.54, 1.807) is 6.92 Å². The number of aliphatic hydroxyl groups is 1. The third kappa shape index (κ3) is 4.32. The van der Waals surface area contributed by atoms with Gasteiger partial charge in [0.25, 0.3) is 0 Å². The van der Waals surface area contributed by atoms with Crippen LogP contribution >= 0.6 is 15.9 Å². The number of hydrogen-bond acceptors (Lipinski definition) is 3. The van der Waals surface area contributed by atoms with Crippen LogP contribution in [0.5, 0.6) is 5.75 Å². The molecule has 4 heteroatoms. The van der Waals surface area contributed by atoms with E-state index in [9.17, 15) is 5.11 Å². The maximum Gasteiger partial charge on any atom is 0.126 e. The van der Waals surface area contributed by atoms with Gasteiger partial charge in [-0.25, -0.2) is 0 Å². The lowest BCUT2D eigenvalue weighted by atomic mass is 9.92. The van der Waals surface area contributed by atoms with Crippen molar-refractivity contribution in [2.45, 2.75) is 33.3 Å². The monoisotopic (exact) mass is 311 g/mol. The SMILES string of the molecule is CC(O)c1ccc(Br)cc1OCCC(C)(C)C#N. The normalized spacial score (nSPS) is 12.9. The second-order valence-corrected chi connectivity index (χ2v) is 5.87. The molecule has 0 saturated heterocycles. The van der Waals surface area contributed by atoms with Gasteiger partial charge in [-0.15, -0.1) is 0 Å². The molecule has 0 heterocycles. The van der Waals surface area contributed by atoms with Gasteiger partial charge >= 0.3 is 0 Å². The molecule has 1 aromatic rings. The number of aliphatic hydroxyl groups excluding tert-OH is 1. The largest absolute Gasteiger partial charge is 0.493 e. The molecule has 0 bridgehead atoms. The summed E-state index contributed by atoms with van der Waals surface area (Å²) in [5.41, 5.74) is 0.366. The maximum atomic E-state index is 9.65. The molecule has 1 aromatic carbocycles. The molecule has 0 aliphatic heterocycles. The average molecular weight is 312 g/mol. The first kappa shape index (κ1) is 15.0. The minimum atomic E-state index is -0.572. The summed E-state index contributed by atoms with van der Waals surface area (Å²) in [4.78, 5) is 0. The molecule has 0 radical (unpaired) electrons. The summed E-state index contributed by atoms with van der Waals surface area (Å²) in [7, 11) is 0. The van der Waals surface area contributed by atoms with Crippen molar-refractivity contribution in [1.29, 1.82) is 5.26 Å². The Labute approximate surface area is 117 Å². The van der Waals surface area contributed by atoms with Crippen LogP contribution in [0.25, 0.3) is 0 Å². The summed E-state index contributed by atoms with van der Waals surface area (Å²) < 4.78 is 6.58. The van der Waals surface area contributed by atoms with Gasteiger partial charge in [-0.2, -0.15) is 5.26 Å². The Kier molecular flexibility index (Phi) is 5.18. The average Bonchev–Trinajstić information content (AvgIpc) is 2.28. The molecule has 0 spiro atoms. The highest BCUT2D eigenvalue weighted by molar-refractivity contribution is 9.10. The van der Waals surface area contributed by atoms with Crippen LogP contribution in [0.2, 0.25) is 0 Å². The topological polar surface area (TPSA) is 53.2 Å². The summed E-state index contributed by atoms with van der Waals surface area (Å²) in [5, 5.41) is 18.6. The summed E-state index contributed by atoms with van der Waals surface area (Å²) in [5.74, 6) is 0.660. The Balaban J connectivity index is 2.73. The predicted molar refractivity (Wildman–Crippen MR) is 74.3 cm³/mol. The molecule has 1 rings (SSSR count). The third-order valence-corrected chi connectivity index (χ3v) is 3.21. The Morgan fingerprint density at radius 1 is 1.50 bits per heavy atom. The van der Waals surface area contributed by atoms with Crippen molar-refractivity contribution in [1.82, 2.24) is 0 Å². The van der Waals surface area contributed by atoms with E-state index in [1.165, 1.54) is 0 Å². The van der Waals surface area contributed by atoms with Gasteiger partial charge in [0.1, 0.15) is 5.75 Å². The minimum absolute atomic E-state index is 0.392. The fourth-order valence-corrected chi connectivity index (χ4v) is 1.79. The molecule has 0 aliphatic rings. The van der Waals surface area contributed by atoms with E-state index in [0.29, 0.717) is 18.8 Å². The van der Waals surface area contributed by atoms with Crippen LogP contribution in [0.15, 0.2) is 22.7 Å². The Bertz CT molecular complexity index is 450. The summed E-state index contributed by atoms with van der Waals surface area (Å²) >= 11 is 3.38. The van der Waals surface area contributed by atoms with E-state index < -0.39 is 11.5 Å². The zero-order valence-corrected chi connectivity index (χ0v) is 12.5. The van der Waals surface area contributed by atoms with E-state index in [-0.39, 0.29) is 0 Å². The summed E-state index contributed by atoms with van der Waals surface area (Å²) in [6.45, 7) is 5.92. The van der Waals surface area contributed by atoms with E-state index in [2.05, 4.69) is 22.0 Å². The van der Waals surface area contributed by atoms with Gasteiger partial charge in [-0.3, -0.25) is 0 Å². The smallest absolute Gasteiger partial charge is 0.126 e. The Morgan fingerprint density at radius 3 is 2.72 bits per heavy atom.